The summed E-state index contributed by atoms with van der Waals surface area (Å²) in [4.78, 5) is 36.0. The Kier molecular flexibility index (Phi) is 4.67. The fraction of sp³-hybridized carbons (Fsp3) is 0.0769. The molecule has 6 rings (SSSR count). The van der Waals surface area contributed by atoms with Gasteiger partial charge in [-0.25, -0.2) is 18.2 Å². The Morgan fingerprint density at radius 2 is 1.51 bits per heavy atom. The fourth-order valence-electron chi connectivity index (χ4n) is 4.58. The number of imidazole rings is 1. The molecule has 35 heavy (non-hydrogen) atoms. The normalized spacial score (nSPS) is 16.5. The Morgan fingerprint density at radius 1 is 0.829 bits per heavy atom. The van der Waals surface area contributed by atoms with Crippen molar-refractivity contribution in [2.24, 2.45) is 4.99 Å². The first-order valence-electron chi connectivity index (χ1n) is 10.7. The monoisotopic (exact) mass is 472 g/mol. The molecule has 0 spiro atoms. The summed E-state index contributed by atoms with van der Waals surface area (Å²) in [6, 6.07) is 12.7. The predicted molar refractivity (Wildman–Crippen MR) is 120 cm³/mol. The molecule has 4 aromatic rings. The van der Waals surface area contributed by atoms with E-state index in [1.165, 1.54) is 24.4 Å². The third-order valence-electron chi connectivity index (χ3n) is 6.16. The van der Waals surface area contributed by atoms with Crippen molar-refractivity contribution in [1.29, 1.82) is 0 Å². The fourth-order valence-corrected chi connectivity index (χ4v) is 4.58. The predicted octanol–water partition coefficient (Wildman–Crippen LogP) is 4.48. The summed E-state index contributed by atoms with van der Waals surface area (Å²) in [5.41, 5.74) is 0.524. The zero-order valence-electron chi connectivity index (χ0n) is 18.0. The maximum absolute atomic E-state index is 14.9. The summed E-state index contributed by atoms with van der Waals surface area (Å²) in [6.45, 7) is -0.223. The molecule has 172 valence electrons. The minimum absolute atomic E-state index is 0.137. The molecule has 1 atom stereocenters. The molecule has 1 unspecified atom stereocenters. The van der Waals surface area contributed by atoms with Crippen LogP contribution in [0.4, 0.5) is 13.2 Å². The quantitative estimate of drug-likeness (QED) is 0.413. The largest absolute Gasteiger partial charge is 0.301 e. The maximum atomic E-state index is 14.9. The van der Waals surface area contributed by atoms with E-state index in [-0.39, 0.29) is 28.9 Å². The first kappa shape index (κ1) is 21.0. The van der Waals surface area contributed by atoms with E-state index in [0.717, 1.165) is 23.1 Å². The molecule has 3 heterocycles. The number of aromatic nitrogens is 2. The molecule has 1 aromatic heterocycles. The second-order valence-corrected chi connectivity index (χ2v) is 8.17. The lowest BCUT2D eigenvalue weighted by atomic mass is 9.99. The standard InChI is InChI=1S/C26H15F3N4O2/c27-14-8-9-21-17(12-14)23(22-18(28)6-3-7-19(22)29)31-20(24-30-10-11-32(21)24)13-33-25(34)15-4-1-2-5-16(15)26(33)35/h1-12,20H,13H2. The molecular weight excluding hydrogens is 457 g/mol. The minimum atomic E-state index is -0.975. The molecule has 2 aliphatic rings. The van der Waals surface area contributed by atoms with Crippen molar-refractivity contribution in [2.75, 3.05) is 6.54 Å². The van der Waals surface area contributed by atoms with Crippen molar-refractivity contribution >= 4 is 17.5 Å². The van der Waals surface area contributed by atoms with Crippen molar-refractivity contribution < 1.29 is 22.8 Å². The number of carbonyl (C=O) groups excluding carboxylic acids is 2. The van der Waals surface area contributed by atoms with Gasteiger partial charge in [0.15, 0.2) is 0 Å². The maximum Gasteiger partial charge on any atom is 0.261 e. The molecule has 0 bridgehead atoms. The van der Waals surface area contributed by atoms with E-state index < -0.39 is 40.9 Å². The van der Waals surface area contributed by atoms with E-state index in [0.29, 0.717) is 11.5 Å². The first-order chi connectivity index (χ1) is 16.9. The average molecular weight is 472 g/mol. The van der Waals surface area contributed by atoms with E-state index in [1.807, 2.05) is 0 Å². The number of aliphatic imine (C=N–C) groups is 1. The third-order valence-corrected chi connectivity index (χ3v) is 6.16. The van der Waals surface area contributed by atoms with Gasteiger partial charge in [-0.2, -0.15) is 0 Å². The van der Waals surface area contributed by atoms with Crippen LogP contribution in [0.3, 0.4) is 0 Å². The van der Waals surface area contributed by atoms with Gasteiger partial charge in [0.25, 0.3) is 11.8 Å². The topological polar surface area (TPSA) is 67.6 Å². The summed E-state index contributed by atoms with van der Waals surface area (Å²) >= 11 is 0. The molecule has 2 aliphatic heterocycles. The molecule has 0 aliphatic carbocycles. The van der Waals surface area contributed by atoms with Gasteiger partial charge < -0.3 is 4.57 Å². The van der Waals surface area contributed by atoms with Crippen LogP contribution in [0.15, 0.2) is 78.0 Å². The van der Waals surface area contributed by atoms with Crippen molar-refractivity contribution in [3.63, 3.8) is 0 Å². The Labute approximate surface area is 197 Å². The summed E-state index contributed by atoms with van der Waals surface area (Å²) in [7, 11) is 0. The Hall–Kier alpha value is -4.53. The van der Waals surface area contributed by atoms with Crippen molar-refractivity contribution in [3.05, 3.63) is 119 Å². The van der Waals surface area contributed by atoms with Crippen LogP contribution in [0, 0.1) is 17.5 Å². The van der Waals surface area contributed by atoms with Crippen LogP contribution in [-0.2, 0) is 0 Å². The molecule has 0 saturated carbocycles. The number of hydrogen-bond acceptors (Lipinski definition) is 4. The van der Waals surface area contributed by atoms with Gasteiger partial charge in [-0.15, -0.1) is 0 Å². The highest BCUT2D eigenvalue weighted by molar-refractivity contribution is 6.21. The summed E-state index contributed by atoms with van der Waals surface area (Å²) in [6.07, 6.45) is 3.11. The third kappa shape index (κ3) is 3.19. The lowest BCUT2D eigenvalue weighted by Crippen LogP contribution is -2.34. The summed E-state index contributed by atoms with van der Waals surface area (Å²) in [5, 5.41) is 0. The van der Waals surface area contributed by atoms with Crippen LogP contribution < -0.4 is 0 Å². The van der Waals surface area contributed by atoms with Gasteiger partial charge in [0.05, 0.1) is 34.6 Å². The molecular formula is C26H15F3N4O2. The Bertz CT molecular complexity index is 1520. The minimum Gasteiger partial charge on any atom is -0.301 e. The number of halogens is 3. The SMILES string of the molecule is O=C1c2ccccc2C(=O)N1CC1N=C(c2c(F)cccc2F)c2cc(F)ccc2-n2ccnc21. The van der Waals surface area contributed by atoms with Crippen molar-refractivity contribution in [2.45, 2.75) is 6.04 Å². The number of carbonyl (C=O) groups is 2. The molecule has 3 aromatic carbocycles. The van der Waals surface area contributed by atoms with Crippen molar-refractivity contribution in [1.82, 2.24) is 14.5 Å². The second kappa shape index (κ2) is 7.76. The summed E-state index contributed by atoms with van der Waals surface area (Å²) < 4.78 is 45.7. The van der Waals surface area contributed by atoms with E-state index in [9.17, 15) is 22.8 Å². The molecule has 6 nitrogen and oxygen atoms in total. The van der Waals surface area contributed by atoms with Gasteiger partial charge in [0.1, 0.15) is 29.3 Å². The molecule has 0 radical (unpaired) electrons. The number of hydrogen-bond donors (Lipinski definition) is 0. The van der Waals surface area contributed by atoms with Gasteiger partial charge in [-0.1, -0.05) is 18.2 Å². The highest BCUT2D eigenvalue weighted by atomic mass is 19.1. The molecule has 9 heteroatoms. The number of imide groups is 1. The van der Waals surface area contributed by atoms with E-state index >= 15 is 0 Å². The Balaban J connectivity index is 1.54. The van der Waals surface area contributed by atoms with Crippen LogP contribution in [0.5, 0.6) is 0 Å². The van der Waals surface area contributed by atoms with Gasteiger partial charge in [-0.3, -0.25) is 19.5 Å². The number of benzene rings is 3. The van der Waals surface area contributed by atoms with Crippen LogP contribution in [0.25, 0.3) is 5.69 Å². The van der Waals surface area contributed by atoms with Crippen LogP contribution >= 0.6 is 0 Å². The Morgan fingerprint density at radius 3 is 2.20 bits per heavy atom. The molecule has 0 fully saturated rings. The number of rotatable bonds is 3. The van der Waals surface area contributed by atoms with Crippen LogP contribution in [-0.4, -0.2) is 38.5 Å². The number of fused-ring (bicyclic) bond motifs is 4. The van der Waals surface area contributed by atoms with Crippen LogP contribution in [0.1, 0.15) is 43.7 Å². The van der Waals surface area contributed by atoms with E-state index in [2.05, 4.69) is 9.98 Å². The smallest absolute Gasteiger partial charge is 0.261 e. The highest BCUT2D eigenvalue weighted by Gasteiger charge is 2.38. The van der Waals surface area contributed by atoms with Crippen molar-refractivity contribution in [3.8, 4) is 5.69 Å². The molecule has 2 amide bonds. The van der Waals surface area contributed by atoms with Gasteiger partial charge in [-0.05, 0) is 42.5 Å². The highest BCUT2D eigenvalue weighted by Crippen LogP contribution is 2.34. The lowest BCUT2D eigenvalue weighted by Gasteiger charge is -2.19. The molecule has 0 N–H and O–H groups in total. The number of nitrogens with zero attached hydrogens (tertiary/aromatic N) is 4. The molecule has 0 saturated heterocycles. The number of amides is 2. The van der Waals surface area contributed by atoms with E-state index in [4.69, 9.17) is 0 Å². The van der Waals surface area contributed by atoms with E-state index in [1.54, 1.807) is 35.0 Å². The van der Waals surface area contributed by atoms with Crippen LogP contribution in [0.2, 0.25) is 0 Å². The van der Waals surface area contributed by atoms with Gasteiger partial charge in [0.2, 0.25) is 0 Å². The lowest BCUT2D eigenvalue weighted by molar-refractivity contribution is 0.0644. The second-order valence-electron chi connectivity index (χ2n) is 8.17. The average Bonchev–Trinajstić information content (AvgIpc) is 3.39. The zero-order valence-corrected chi connectivity index (χ0v) is 18.0. The van der Waals surface area contributed by atoms with Gasteiger partial charge >= 0.3 is 0 Å². The zero-order chi connectivity index (χ0) is 24.3. The summed E-state index contributed by atoms with van der Waals surface area (Å²) in [5.74, 6) is -3.03. The first-order valence-corrected chi connectivity index (χ1v) is 10.7. The van der Waals surface area contributed by atoms with Gasteiger partial charge in [0, 0.05) is 18.0 Å².